The molecule has 0 unspecified atom stereocenters. The Morgan fingerprint density at radius 3 is 2.67 bits per heavy atom. The summed E-state index contributed by atoms with van der Waals surface area (Å²) in [5.41, 5.74) is 0.686. The van der Waals surface area contributed by atoms with Gasteiger partial charge in [-0.2, -0.15) is 4.31 Å². The highest BCUT2D eigenvalue weighted by atomic mass is 32.2. The number of methoxy groups -OCH3 is 1. The largest absolute Gasteiger partial charge is 0.472 e. The number of hydrogen-bond acceptors (Lipinski definition) is 4. The molecule has 0 amide bonds. The lowest BCUT2D eigenvalue weighted by molar-refractivity contribution is 0.177. The second kappa shape index (κ2) is 6.84. The van der Waals surface area contributed by atoms with Crippen molar-refractivity contribution in [1.29, 1.82) is 0 Å². The van der Waals surface area contributed by atoms with Crippen LogP contribution in [0.15, 0.2) is 52.2 Å². The number of sulfonamides is 1. The Labute approximate surface area is 123 Å². The molecule has 1 aromatic carbocycles. The molecule has 0 spiro atoms. The standard InChI is InChI=1S/C14H16FNO4S/c1-19-9-7-16(10-12-6-8-20-11-12)21(17,18)14-5-3-2-4-13(14)15/h2-6,8,11H,7,9-10H2,1H3. The highest BCUT2D eigenvalue weighted by Crippen LogP contribution is 2.21. The Balaban J connectivity index is 2.32. The van der Waals surface area contributed by atoms with Gasteiger partial charge in [0.15, 0.2) is 0 Å². The molecule has 0 aliphatic rings. The zero-order valence-electron chi connectivity index (χ0n) is 11.5. The number of nitrogens with zero attached hydrogens (tertiary/aromatic N) is 1. The lowest BCUT2D eigenvalue weighted by Gasteiger charge is -2.21. The number of hydrogen-bond donors (Lipinski definition) is 0. The molecular weight excluding hydrogens is 297 g/mol. The van der Waals surface area contributed by atoms with Crippen molar-refractivity contribution >= 4 is 10.0 Å². The zero-order chi connectivity index (χ0) is 15.3. The van der Waals surface area contributed by atoms with Gasteiger partial charge in [-0.3, -0.25) is 0 Å². The summed E-state index contributed by atoms with van der Waals surface area (Å²) in [6.07, 6.45) is 2.91. The smallest absolute Gasteiger partial charge is 0.246 e. The maximum atomic E-state index is 13.8. The summed E-state index contributed by atoms with van der Waals surface area (Å²) >= 11 is 0. The molecule has 5 nitrogen and oxygen atoms in total. The van der Waals surface area contributed by atoms with E-state index in [2.05, 4.69) is 0 Å². The Morgan fingerprint density at radius 1 is 1.29 bits per heavy atom. The summed E-state index contributed by atoms with van der Waals surface area (Å²) < 4.78 is 50.0. The van der Waals surface area contributed by atoms with Crippen molar-refractivity contribution < 1.29 is 22.0 Å². The third kappa shape index (κ3) is 3.69. The maximum absolute atomic E-state index is 13.8. The topological polar surface area (TPSA) is 59.8 Å². The van der Waals surface area contributed by atoms with E-state index in [1.165, 1.54) is 42.1 Å². The molecule has 0 aliphatic heterocycles. The summed E-state index contributed by atoms with van der Waals surface area (Å²) in [6, 6.07) is 6.97. The van der Waals surface area contributed by atoms with Crippen LogP contribution in [0.4, 0.5) is 4.39 Å². The molecule has 0 saturated heterocycles. The van der Waals surface area contributed by atoms with E-state index in [0.717, 1.165) is 6.07 Å². The third-order valence-electron chi connectivity index (χ3n) is 2.94. The molecule has 0 atom stereocenters. The van der Waals surface area contributed by atoms with Crippen LogP contribution in [0.3, 0.4) is 0 Å². The fraction of sp³-hybridized carbons (Fsp3) is 0.286. The molecule has 0 N–H and O–H groups in total. The van der Waals surface area contributed by atoms with Crippen molar-refractivity contribution in [2.24, 2.45) is 0 Å². The van der Waals surface area contributed by atoms with Crippen molar-refractivity contribution in [1.82, 2.24) is 4.31 Å². The second-order valence-electron chi connectivity index (χ2n) is 4.39. The van der Waals surface area contributed by atoms with Crippen molar-refractivity contribution in [2.45, 2.75) is 11.4 Å². The summed E-state index contributed by atoms with van der Waals surface area (Å²) in [5, 5.41) is 0. The minimum atomic E-state index is -3.94. The third-order valence-corrected chi connectivity index (χ3v) is 4.82. The van der Waals surface area contributed by atoms with Crippen LogP contribution in [-0.4, -0.2) is 33.0 Å². The predicted octanol–water partition coefficient (Wildman–Crippen LogP) is 2.26. The van der Waals surface area contributed by atoms with Crippen LogP contribution >= 0.6 is 0 Å². The van der Waals surface area contributed by atoms with Gasteiger partial charge < -0.3 is 9.15 Å². The van der Waals surface area contributed by atoms with E-state index in [1.807, 2.05) is 0 Å². The van der Waals surface area contributed by atoms with E-state index in [9.17, 15) is 12.8 Å². The maximum Gasteiger partial charge on any atom is 0.246 e. The summed E-state index contributed by atoms with van der Waals surface area (Å²) in [7, 11) is -2.47. The SMILES string of the molecule is COCCN(Cc1ccoc1)S(=O)(=O)c1ccccc1F. The van der Waals surface area contributed by atoms with Gasteiger partial charge in [0.05, 0.1) is 19.1 Å². The molecule has 1 heterocycles. The minimum Gasteiger partial charge on any atom is -0.472 e. The average Bonchev–Trinajstić information content (AvgIpc) is 2.96. The van der Waals surface area contributed by atoms with Crippen LogP contribution < -0.4 is 0 Å². The molecule has 1 aromatic heterocycles. The van der Waals surface area contributed by atoms with Gasteiger partial charge in [-0.15, -0.1) is 0 Å². The van der Waals surface area contributed by atoms with Gasteiger partial charge in [-0.05, 0) is 18.2 Å². The lowest BCUT2D eigenvalue weighted by Crippen LogP contribution is -2.33. The first-order chi connectivity index (χ1) is 10.1. The zero-order valence-corrected chi connectivity index (χ0v) is 12.3. The van der Waals surface area contributed by atoms with E-state index < -0.39 is 15.8 Å². The molecule has 0 fully saturated rings. The van der Waals surface area contributed by atoms with Gasteiger partial charge in [0, 0.05) is 25.8 Å². The fourth-order valence-corrected chi connectivity index (χ4v) is 3.33. The second-order valence-corrected chi connectivity index (χ2v) is 6.30. The van der Waals surface area contributed by atoms with Gasteiger partial charge in [0.2, 0.25) is 10.0 Å². The number of furan rings is 1. The Kier molecular flexibility index (Phi) is 5.11. The molecule has 7 heteroatoms. The first-order valence-electron chi connectivity index (χ1n) is 6.30. The van der Waals surface area contributed by atoms with Gasteiger partial charge >= 0.3 is 0 Å². The Hall–Kier alpha value is -1.70. The molecule has 21 heavy (non-hydrogen) atoms. The van der Waals surface area contributed by atoms with Crippen LogP contribution in [-0.2, 0) is 21.3 Å². The molecule has 114 valence electrons. The lowest BCUT2D eigenvalue weighted by atomic mass is 10.3. The number of rotatable bonds is 7. The molecule has 0 aliphatic carbocycles. The number of ether oxygens (including phenoxy) is 1. The van der Waals surface area contributed by atoms with E-state index >= 15 is 0 Å². The van der Waals surface area contributed by atoms with Gasteiger partial charge in [-0.1, -0.05) is 12.1 Å². The van der Waals surface area contributed by atoms with E-state index in [0.29, 0.717) is 5.56 Å². The summed E-state index contributed by atoms with van der Waals surface area (Å²) in [6.45, 7) is 0.431. The quantitative estimate of drug-likeness (QED) is 0.786. The molecule has 0 radical (unpaired) electrons. The predicted molar refractivity (Wildman–Crippen MR) is 74.6 cm³/mol. The first kappa shape index (κ1) is 15.7. The normalized spacial score (nSPS) is 12.0. The number of halogens is 1. The number of benzene rings is 1. The highest BCUT2D eigenvalue weighted by Gasteiger charge is 2.27. The minimum absolute atomic E-state index is 0.0938. The van der Waals surface area contributed by atoms with Crippen LogP contribution in [0, 0.1) is 5.82 Å². The summed E-state index contributed by atoms with van der Waals surface area (Å²) in [5.74, 6) is -0.771. The van der Waals surface area contributed by atoms with Crippen molar-refractivity contribution in [2.75, 3.05) is 20.3 Å². The van der Waals surface area contributed by atoms with E-state index in [4.69, 9.17) is 9.15 Å². The van der Waals surface area contributed by atoms with Crippen LogP contribution in [0.5, 0.6) is 0 Å². The highest BCUT2D eigenvalue weighted by molar-refractivity contribution is 7.89. The van der Waals surface area contributed by atoms with Crippen LogP contribution in [0.25, 0.3) is 0 Å². The van der Waals surface area contributed by atoms with Gasteiger partial charge in [0.1, 0.15) is 10.7 Å². The Morgan fingerprint density at radius 2 is 2.05 bits per heavy atom. The monoisotopic (exact) mass is 313 g/mol. The van der Waals surface area contributed by atoms with Crippen molar-refractivity contribution in [3.63, 3.8) is 0 Å². The van der Waals surface area contributed by atoms with E-state index in [1.54, 1.807) is 6.07 Å². The van der Waals surface area contributed by atoms with Crippen LogP contribution in [0.1, 0.15) is 5.56 Å². The molecule has 2 rings (SSSR count). The molecule has 0 bridgehead atoms. The Bertz CT molecular complexity index is 670. The van der Waals surface area contributed by atoms with Crippen molar-refractivity contribution in [3.05, 3.63) is 54.2 Å². The average molecular weight is 313 g/mol. The van der Waals surface area contributed by atoms with Gasteiger partial charge in [-0.25, -0.2) is 12.8 Å². The van der Waals surface area contributed by atoms with Gasteiger partial charge in [0.25, 0.3) is 0 Å². The van der Waals surface area contributed by atoms with E-state index in [-0.39, 0.29) is 24.6 Å². The fourth-order valence-electron chi connectivity index (χ4n) is 1.86. The summed E-state index contributed by atoms with van der Waals surface area (Å²) in [4.78, 5) is -0.343. The molecule has 0 saturated carbocycles. The molecular formula is C14H16FNO4S. The van der Waals surface area contributed by atoms with Crippen LogP contribution in [0.2, 0.25) is 0 Å². The van der Waals surface area contributed by atoms with Crippen molar-refractivity contribution in [3.8, 4) is 0 Å². The molecule has 2 aromatic rings. The first-order valence-corrected chi connectivity index (χ1v) is 7.74.